The molecule has 1 amide bonds. The molecule has 1 aliphatic rings. The molecule has 0 aromatic carbocycles. The van der Waals surface area contributed by atoms with Gasteiger partial charge in [0.05, 0.1) is 17.3 Å². The second kappa shape index (κ2) is 5.92. The molecule has 1 fully saturated rings. The molecule has 1 aromatic heterocycles. The van der Waals surface area contributed by atoms with E-state index in [-0.39, 0.29) is 17.4 Å². The van der Waals surface area contributed by atoms with Crippen molar-refractivity contribution in [2.24, 2.45) is 5.41 Å². The highest BCUT2D eigenvalue weighted by molar-refractivity contribution is 7.09. The zero-order valence-corrected chi connectivity index (χ0v) is 13.2. The number of aryl methyl sites for hydroxylation is 2. The van der Waals surface area contributed by atoms with Crippen LogP contribution in [0.1, 0.15) is 43.7 Å². The molecular formula is C15H21N3OS. The third-order valence-corrected chi connectivity index (χ3v) is 5.12. The summed E-state index contributed by atoms with van der Waals surface area (Å²) in [5, 5.41) is 9.39. The largest absolute Gasteiger partial charge is 0.326 e. The molecule has 0 aliphatic carbocycles. The Morgan fingerprint density at radius 1 is 1.65 bits per heavy atom. The fourth-order valence-corrected chi connectivity index (χ4v) is 3.62. The van der Waals surface area contributed by atoms with Crippen molar-refractivity contribution in [1.29, 1.82) is 5.26 Å². The lowest BCUT2D eigenvalue weighted by Crippen LogP contribution is -2.51. The van der Waals surface area contributed by atoms with Gasteiger partial charge in [-0.1, -0.05) is 13.8 Å². The predicted molar refractivity (Wildman–Crippen MR) is 79.3 cm³/mol. The number of piperidine rings is 1. The van der Waals surface area contributed by atoms with Gasteiger partial charge in [0.1, 0.15) is 6.04 Å². The summed E-state index contributed by atoms with van der Waals surface area (Å²) >= 11 is 1.60. The number of thiazole rings is 1. The fourth-order valence-electron chi connectivity index (χ4n) is 2.84. The number of likely N-dealkylation sites (tertiary alicyclic amines) is 1. The van der Waals surface area contributed by atoms with Crippen LogP contribution >= 0.6 is 11.3 Å². The maximum atomic E-state index is 12.4. The summed E-state index contributed by atoms with van der Waals surface area (Å²) in [5.74, 6) is 0.0946. The van der Waals surface area contributed by atoms with E-state index in [1.54, 1.807) is 16.2 Å². The quantitative estimate of drug-likeness (QED) is 0.860. The lowest BCUT2D eigenvalue weighted by atomic mass is 9.77. The number of aromatic nitrogens is 1. The molecule has 4 nitrogen and oxygen atoms in total. The Hall–Kier alpha value is -1.41. The van der Waals surface area contributed by atoms with E-state index in [4.69, 9.17) is 0 Å². The molecule has 1 aliphatic heterocycles. The third-order valence-electron chi connectivity index (χ3n) is 4.13. The smallest absolute Gasteiger partial charge is 0.224 e. The SMILES string of the molecule is Cc1ncsc1CCC(=O)N1CCCC(C)(C)C1C#N. The van der Waals surface area contributed by atoms with Crippen LogP contribution in [-0.2, 0) is 11.2 Å². The van der Waals surface area contributed by atoms with Gasteiger partial charge in [0.2, 0.25) is 5.91 Å². The van der Waals surface area contributed by atoms with E-state index >= 15 is 0 Å². The van der Waals surface area contributed by atoms with Crippen LogP contribution in [0.3, 0.4) is 0 Å². The average Bonchev–Trinajstić information content (AvgIpc) is 2.80. The third kappa shape index (κ3) is 3.01. The molecule has 0 saturated carbocycles. The van der Waals surface area contributed by atoms with Crippen molar-refractivity contribution in [3.63, 3.8) is 0 Å². The lowest BCUT2D eigenvalue weighted by molar-refractivity contribution is -0.136. The van der Waals surface area contributed by atoms with E-state index in [9.17, 15) is 10.1 Å². The van der Waals surface area contributed by atoms with E-state index in [2.05, 4.69) is 24.9 Å². The van der Waals surface area contributed by atoms with E-state index < -0.39 is 0 Å². The van der Waals surface area contributed by atoms with Crippen LogP contribution in [0.5, 0.6) is 0 Å². The number of amides is 1. The fraction of sp³-hybridized carbons (Fsp3) is 0.667. The second-order valence-corrected chi connectivity index (χ2v) is 7.01. The van der Waals surface area contributed by atoms with Gasteiger partial charge < -0.3 is 4.90 Å². The van der Waals surface area contributed by atoms with Crippen LogP contribution in [-0.4, -0.2) is 28.4 Å². The van der Waals surface area contributed by atoms with Gasteiger partial charge >= 0.3 is 0 Å². The number of carbonyl (C=O) groups excluding carboxylic acids is 1. The first kappa shape index (κ1) is 15.0. The van der Waals surface area contributed by atoms with Crippen molar-refractivity contribution in [3.8, 4) is 6.07 Å². The predicted octanol–water partition coefficient (Wildman–Crippen LogP) is 2.92. The second-order valence-electron chi connectivity index (χ2n) is 6.07. The van der Waals surface area contributed by atoms with Gasteiger partial charge in [-0.15, -0.1) is 11.3 Å². The summed E-state index contributed by atoms with van der Waals surface area (Å²) in [6.07, 6.45) is 3.18. The minimum atomic E-state index is -0.300. The van der Waals surface area contributed by atoms with Crippen LogP contribution in [0, 0.1) is 23.7 Å². The highest BCUT2D eigenvalue weighted by Gasteiger charge is 2.39. The molecule has 108 valence electrons. The summed E-state index contributed by atoms with van der Waals surface area (Å²) in [6, 6.07) is 2.03. The zero-order chi connectivity index (χ0) is 14.8. The first-order valence-electron chi connectivity index (χ1n) is 7.04. The monoisotopic (exact) mass is 291 g/mol. The van der Waals surface area contributed by atoms with E-state index in [0.717, 1.165) is 25.0 Å². The Morgan fingerprint density at radius 2 is 2.40 bits per heavy atom. The molecule has 0 N–H and O–H groups in total. The molecule has 0 bridgehead atoms. The van der Waals surface area contributed by atoms with Crippen LogP contribution in [0.15, 0.2) is 5.51 Å². The van der Waals surface area contributed by atoms with Crippen molar-refractivity contribution in [1.82, 2.24) is 9.88 Å². The Labute approximate surface area is 124 Å². The molecule has 0 spiro atoms. The van der Waals surface area contributed by atoms with Gasteiger partial charge in [-0.25, -0.2) is 4.98 Å². The number of nitrogens with zero attached hydrogens (tertiary/aromatic N) is 3. The Morgan fingerprint density at radius 3 is 3.00 bits per heavy atom. The normalized spacial score (nSPS) is 21.5. The molecular weight excluding hydrogens is 270 g/mol. The molecule has 1 unspecified atom stereocenters. The molecule has 1 atom stereocenters. The van der Waals surface area contributed by atoms with Gasteiger partial charge in [0.25, 0.3) is 0 Å². The molecule has 0 radical (unpaired) electrons. The highest BCUT2D eigenvalue weighted by atomic mass is 32.1. The summed E-state index contributed by atoms with van der Waals surface area (Å²) in [4.78, 5) is 19.6. The van der Waals surface area contributed by atoms with Gasteiger partial charge in [-0.05, 0) is 31.6 Å². The standard InChI is InChI=1S/C15H21N3OS/c1-11-12(20-10-17-11)5-6-14(19)18-8-4-7-15(2,3)13(18)9-16/h10,13H,4-8H2,1-3H3. The molecule has 1 aromatic rings. The first-order valence-corrected chi connectivity index (χ1v) is 7.92. The minimum absolute atomic E-state index is 0.0946. The Bertz CT molecular complexity index is 529. The topological polar surface area (TPSA) is 57.0 Å². The summed E-state index contributed by atoms with van der Waals surface area (Å²) < 4.78 is 0. The maximum Gasteiger partial charge on any atom is 0.224 e. The minimum Gasteiger partial charge on any atom is -0.326 e. The van der Waals surface area contributed by atoms with E-state index in [1.165, 1.54) is 4.88 Å². The van der Waals surface area contributed by atoms with Crippen molar-refractivity contribution in [2.45, 2.75) is 52.5 Å². The summed E-state index contributed by atoms with van der Waals surface area (Å²) in [5.41, 5.74) is 2.72. The Kier molecular flexibility index (Phi) is 4.44. The van der Waals surface area contributed by atoms with E-state index in [0.29, 0.717) is 13.0 Å². The van der Waals surface area contributed by atoms with Crippen molar-refractivity contribution in [3.05, 3.63) is 16.1 Å². The van der Waals surface area contributed by atoms with Crippen molar-refractivity contribution in [2.75, 3.05) is 6.54 Å². The first-order chi connectivity index (χ1) is 9.45. The Balaban J connectivity index is 2.01. The number of rotatable bonds is 3. The molecule has 2 rings (SSSR count). The summed E-state index contributed by atoms with van der Waals surface area (Å²) in [7, 11) is 0. The molecule has 2 heterocycles. The van der Waals surface area contributed by atoms with Gasteiger partial charge in [0, 0.05) is 17.8 Å². The van der Waals surface area contributed by atoms with Gasteiger partial charge in [-0.3, -0.25) is 4.79 Å². The van der Waals surface area contributed by atoms with Crippen LogP contribution in [0.2, 0.25) is 0 Å². The summed E-state index contributed by atoms with van der Waals surface area (Å²) in [6.45, 7) is 6.84. The lowest BCUT2D eigenvalue weighted by Gasteiger charge is -2.42. The van der Waals surface area contributed by atoms with Crippen molar-refractivity contribution < 1.29 is 4.79 Å². The van der Waals surface area contributed by atoms with Crippen LogP contribution < -0.4 is 0 Å². The van der Waals surface area contributed by atoms with E-state index in [1.807, 2.05) is 12.4 Å². The number of carbonyl (C=O) groups is 1. The van der Waals surface area contributed by atoms with Gasteiger partial charge in [0.15, 0.2) is 0 Å². The highest BCUT2D eigenvalue weighted by Crippen LogP contribution is 2.35. The average molecular weight is 291 g/mol. The molecule has 5 heteroatoms. The van der Waals surface area contributed by atoms with Crippen LogP contribution in [0.4, 0.5) is 0 Å². The van der Waals surface area contributed by atoms with Gasteiger partial charge in [-0.2, -0.15) is 5.26 Å². The maximum absolute atomic E-state index is 12.4. The number of nitriles is 1. The number of hydrogen-bond donors (Lipinski definition) is 0. The zero-order valence-electron chi connectivity index (χ0n) is 12.3. The van der Waals surface area contributed by atoms with Crippen LogP contribution in [0.25, 0.3) is 0 Å². The number of hydrogen-bond acceptors (Lipinski definition) is 4. The molecule has 1 saturated heterocycles. The van der Waals surface area contributed by atoms with Crippen molar-refractivity contribution >= 4 is 17.2 Å². The molecule has 20 heavy (non-hydrogen) atoms.